The minimum atomic E-state index is 0.183. The predicted octanol–water partition coefficient (Wildman–Crippen LogP) is 2.61. The number of hydrogen-bond donors (Lipinski definition) is 1. The number of halogens is 1. The van der Waals surface area contributed by atoms with E-state index in [1.54, 1.807) is 6.26 Å². The van der Waals surface area contributed by atoms with Gasteiger partial charge < -0.3 is 9.73 Å². The van der Waals surface area contributed by atoms with E-state index in [0.717, 1.165) is 18.4 Å². The molecule has 1 unspecified atom stereocenters. The molecule has 0 saturated carbocycles. The molecule has 1 rings (SSSR count). The zero-order chi connectivity index (χ0) is 9.68. The molecule has 0 aliphatic heterocycles. The summed E-state index contributed by atoms with van der Waals surface area (Å²) in [6, 6.07) is 2.04. The lowest BCUT2D eigenvalue weighted by Crippen LogP contribution is -2.15. The highest BCUT2D eigenvalue weighted by Crippen LogP contribution is 2.26. The Morgan fingerprint density at radius 3 is 3.00 bits per heavy atom. The molecule has 0 radical (unpaired) electrons. The smallest absolute Gasteiger partial charge is 0.197 e. The van der Waals surface area contributed by atoms with Crippen LogP contribution in [0.5, 0.6) is 0 Å². The molecular formula is C10H12ClNO. The van der Waals surface area contributed by atoms with Crippen molar-refractivity contribution in [2.24, 2.45) is 0 Å². The van der Waals surface area contributed by atoms with Crippen LogP contribution in [-0.4, -0.2) is 7.05 Å². The van der Waals surface area contributed by atoms with Crippen LogP contribution in [-0.2, 0) is 0 Å². The van der Waals surface area contributed by atoms with Gasteiger partial charge >= 0.3 is 0 Å². The predicted molar refractivity (Wildman–Crippen MR) is 53.6 cm³/mol. The summed E-state index contributed by atoms with van der Waals surface area (Å²) < 4.78 is 5.00. The summed E-state index contributed by atoms with van der Waals surface area (Å²) in [5, 5.41) is 3.58. The van der Waals surface area contributed by atoms with E-state index in [1.807, 2.05) is 13.1 Å². The Morgan fingerprint density at radius 2 is 2.54 bits per heavy atom. The fourth-order valence-electron chi connectivity index (χ4n) is 1.24. The molecule has 0 fully saturated rings. The third-order valence-corrected chi connectivity index (χ3v) is 2.25. The number of furan rings is 1. The topological polar surface area (TPSA) is 25.2 Å². The fourth-order valence-corrected chi connectivity index (χ4v) is 1.48. The average Bonchev–Trinajstić information content (AvgIpc) is 2.54. The molecule has 70 valence electrons. The van der Waals surface area contributed by atoms with Crippen LogP contribution in [0.25, 0.3) is 0 Å². The van der Waals surface area contributed by atoms with Gasteiger partial charge in [-0.2, -0.15) is 0 Å². The zero-order valence-corrected chi connectivity index (χ0v) is 8.27. The first-order chi connectivity index (χ1) is 6.29. The fraction of sp³-hybridized carbons (Fsp3) is 0.400. The summed E-state index contributed by atoms with van der Waals surface area (Å²) in [5.74, 6) is 2.60. The largest absolute Gasteiger partial charge is 0.453 e. The maximum absolute atomic E-state index is 5.83. The van der Waals surface area contributed by atoms with Crippen LogP contribution in [0.15, 0.2) is 16.7 Å². The third kappa shape index (κ3) is 2.51. The molecule has 13 heavy (non-hydrogen) atoms. The number of nitrogens with one attached hydrogen (secondary N) is 1. The van der Waals surface area contributed by atoms with Crippen LogP contribution >= 0.6 is 11.6 Å². The highest BCUT2D eigenvalue weighted by atomic mass is 35.5. The molecule has 1 heterocycles. The molecule has 0 amide bonds. The maximum atomic E-state index is 5.83. The molecule has 1 N–H and O–H groups in total. The third-order valence-electron chi connectivity index (χ3n) is 1.95. The van der Waals surface area contributed by atoms with Crippen molar-refractivity contribution in [1.82, 2.24) is 5.32 Å². The number of terminal acetylenes is 1. The molecule has 0 bridgehead atoms. The van der Waals surface area contributed by atoms with E-state index in [0.29, 0.717) is 5.22 Å². The number of rotatable bonds is 4. The van der Waals surface area contributed by atoms with Gasteiger partial charge in [-0.3, -0.25) is 0 Å². The minimum absolute atomic E-state index is 0.183. The first-order valence-corrected chi connectivity index (χ1v) is 4.51. The summed E-state index contributed by atoms with van der Waals surface area (Å²) >= 11 is 5.83. The van der Waals surface area contributed by atoms with Crippen LogP contribution in [0.1, 0.15) is 24.4 Å². The van der Waals surface area contributed by atoms with Crippen molar-refractivity contribution in [2.75, 3.05) is 7.05 Å². The lowest BCUT2D eigenvalue weighted by molar-refractivity contribution is 0.530. The van der Waals surface area contributed by atoms with Gasteiger partial charge in [0.15, 0.2) is 5.22 Å². The maximum Gasteiger partial charge on any atom is 0.197 e. The van der Waals surface area contributed by atoms with Crippen molar-refractivity contribution in [1.29, 1.82) is 0 Å². The van der Waals surface area contributed by atoms with E-state index in [4.69, 9.17) is 22.4 Å². The van der Waals surface area contributed by atoms with Crippen molar-refractivity contribution < 1.29 is 4.42 Å². The van der Waals surface area contributed by atoms with Gasteiger partial charge in [0.2, 0.25) is 0 Å². The van der Waals surface area contributed by atoms with Crippen LogP contribution in [0.4, 0.5) is 0 Å². The van der Waals surface area contributed by atoms with Gasteiger partial charge in [-0.05, 0) is 31.1 Å². The summed E-state index contributed by atoms with van der Waals surface area (Å²) in [6.07, 6.45) is 8.37. The van der Waals surface area contributed by atoms with E-state index >= 15 is 0 Å². The molecule has 0 aliphatic carbocycles. The molecule has 1 aromatic heterocycles. The second-order valence-corrected chi connectivity index (χ2v) is 3.08. The van der Waals surface area contributed by atoms with Crippen molar-refractivity contribution in [3.8, 4) is 12.3 Å². The SMILES string of the molecule is C#CCCC(NC)c1ccoc1Cl. The first kappa shape index (κ1) is 10.2. The van der Waals surface area contributed by atoms with Gasteiger partial charge in [-0.1, -0.05) is 0 Å². The molecule has 0 aromatic carbocycles. The van der Waals surface area contributed by atoms with E-state index < -0.39 is 0 Å². The molecule has 0 saturated heterocycles. The van der Waals surface area contributed by atoms with E-state index in [9.17, 15) is 0 Å². The molecule has 1 atom stereocenters. The molecule has 3 heteroatoms. The molecular weight excluding hydrogens is 186 g/mol. The van der Waals surface area contributed by atoms with Crippen LogP contribution in [0.2, 0.25) is 5.22 Å². The van der Waals surface area contributed by atoms with Crippen molar-refractivity contribution in [2.45, 2.75) is 18.9 Å². The molecule has 0 aliphatic rings. The Bertz CT molecular complexity index is 300. The van der Waals surface area contributed by atoms with Gasteiger partial charge in [0.1, 0.15) is 0 Å². The van der Waals surface area contributed by atoms with Crippen molar-refractivity contribution in [3.05, 3.63) is 23.1 Å². The summed E-state index contributed by atoms with van der Waals surface area (Å²) in [5.41, 5.74) is 0.972. The first-order valence-electron chi connectivity index (χ1n) is 4.13. The van der Waals surface area contributed by atoms with Gasteiger partial charge in [0, 0.05) is 18.0 Å². The van der Waals surface area contributed by atoms with Crippen LogP contribution < -0.4 is 5.32 Å². The minimum Gasteiger partial charge on any atom is -0.453 e. The quantitative estimate of drug-likeness (QED) is 0.751. The lowest BCUT2D eigenvalue weighted by Gasteiger charge is -2.12. The Balaban J connectivity index is 2.68. The summed E-state index contributed by atoms with van der Waals surface area (Å²) in [7, 11) is 1.88. The van der Waals surface area contributed by atoms with Crippen LogP contribution in [0, 0.1) is 12.3 Å². The molecule has 0 spiro atoms. The van der Waals surface area contributed by atoms with Crippen molar-refractivity contribution >= 4 is 11.6 Å². The standard InChI is InChI=1S/C10H12ClNO/c1-3-4-5-9(12-2)8-6-7-13-10(8)11/h1,6-7,9,12H,4-5H2,2H3. The Hall–Kier alpha value is -0.910. The Labute approximate surface area is 83.3 Å². The van der Waals surface area contributed by atoms with Gasteiger partial charge in [-0.15, -0.1) is 12.3 Å². The van der Waals surface area contributed by atoms with E-state index in [-0.39, 0.29) is 6.04 Å². The summed E-state index contributed by atoms with van der Waals surface area (Å²) in [4.78, 5) is 0. The zero-order valence-electron chi connectivity index (χ0n) is 7.51. The summed E-state index contributed by atoms with van der Waals surface area (Å²) in [6.45, 7) is 0. The highest BCUT2D eigenvalue weighted by molar-refractivity contribution is 6.29. The highest BCUT2D eigenvalue weighted by Gasteiger charge is 2.13. The normalized spacial score (nSPS) is 12.4. The second kappa shape index (κ2) is 4.96. The van der Waals surface area contributed by atoms with Gasteiger partial charge in [-0.25, -0.2) is 0 Å². The van der Waals surface area contributed by atoms with E-state index in [2.05, 4.69) is 11.2 Å². The van der Waals surface area contributed by atoms with Crippen LogP contribution in [0.3, 0.4) is 0 Å². The van der Waals surface area contributed by atoms with Crippen molar-refractivity contribution in [3.63, 3.8) is 0 Å². The van der Waals surface area contributed by atoms with E-state index in [1.165, 1.54) is 0 Å². The van der Waals surface area contributed by atoms with Gasteiger partial charge in [0.05, 0.1) is 6.26 Å². The Kier molecular flexibility index (Phi) is 3.88. The lowest BCUT2D eigenvalue weighted by atomic mass is 10.1. The second-order valence-electron chi connectivity index (χ2n) is 2.73. The monoisotopic (exact) mass is 197 g/mol. The number of hydrogen-bond acceptors (Lipinski definition) is 2. The molecule has 2 nitrogen and oxygen atoms in total. The Morgan fingerprint density at radius 1 is 1.77 bits per heavy atom. The van der Waals surface area contributed by atoms with Gasteiger partial charge in [0.25, 0.3) is 0 Å². The molecule has 1 aromatic rings. The average molecular weight is 198 g/mol.